The average molecular weight is 390 g/mol. The highest BCUT2D eigenvalue weighted by Crippen LogP contribution is 2.31. The van der Waals surface area contributed by atoms with Crippen LogP contribution in [0.2, 0.25) is 0 Å². The van der Waals surface area contributed by atoms with Gasteiger partial charge in [0.05, 0.1) is 5.56 Å². The van der Waals surface area contributed by atoms with Crippen molar-refractivity contribution in [2.75, 3.05) is 11.9 Å². The van der Waals surface area contributed by atoms with E-state index in [-0.39, 0.29) is 5.75 Å². The number of aryl methyl sites for hydroxylation is 1. The Kier molecular flexibility index (Phi) is 5.62. The molecule has 0 aliphatic rings. The molecule has 0 aliphatic heterocycles. The van der Waals surface area contributed by atoms with Crippen molar-refractivity contribution in [3.05, 3.63) is 60.4 Å². The van der Waals surface area contributed by atoms with Gasteiger partial charge in [-0.2, -0.15) is 13.2 Å². The molecule has 1 heterocycles. The Bertz CT molecular complexity index is 970. The lowest BCUT2D eigenvalue weighted by molar-refractivity contribution is -0.137. The van der Waals surface area contributed by atoms with Crippen molar-refractivity contribution in [3.63, 3.8) is 0 Å². The summed E-state index contributed by atoms with van der Waals surface area (Å²) in [6.45, 7) is 2.24. The summed E-state index contributed by atoms with van der Waals surface area (Å²) in [5, 5.41) is 10.6. The number of hydrogen-bond acceptors (Lipinski definition) is 4. The van der Waals surface area contributed by atoms with E-state index < -0.39 is 24.3 Å². The molecule has 0 saturated carbocycles. The Morgan fingerprint density at radius 3 is 2.71 bits per heavy atom. The molecule has 1 aromatic heterocycles. The van der Waals surface area contributed by atoms with Crippen molar-refractivity contribution in [1.82, 2.24) is 14.8 Å². The standard InChI is InChI=1S/C19H17F3N4O2/c1-2-26-12-23-25-18(26)13-5-3-7-15(9-13)24-17(27)11-28-16-8-4-6-14(10-16)19(20,21)22/h3-10,12H,2,11H2,1H3,(H,24,27). The molecule has 0 radical (unpaired) electrons. The van der Waals surface area contributed by atoms with Gasteiger partial charge in [0.25, 0.3) is 5.91 Å². The molecule has 1 N–H and O–H groups in total. The molecule has 0 aliphatic carbocycles. The number of hydrogen-bond donors (Lipinski definition) is 1. The number of carbonyl (C=O) groups excluding carboxylic acids is 1. The molecule has 0 bridgehead atoms. The topological polar surface area (TPSA) is 69.0 Å². The molecule has 0 spiro atoms. The first kappa shape index (κ1) is 19.4. The zero-order valence-corrected chi connectivity index (χ0v) is 14.9. The Labute approximate surface area is 159 Å². The normalized spacial score (nSPS) is 11.3. The van der Waals surface area contributed by atoms with Crippen LogP contribution in [0.4, 0.5) is 18.9 Å². The highest BCUT2D eigenvalue weighted by molar-refractivity contribution is 5.92. The molecule has 3 rings (SSSR count). The van der Waals surface area contributed by atoms with Crippen LogP contribution in [-0.4, -0.2) is 27.3 Å². The second-order valence-corrected chi connectivity index (χ2v) is 5.88. The van der Waals surface area contributed by atoms with Gasteiger partial charge in [0.15, 0.2) is 12.4 Å². The lowest BCUT2D eigenvalue weighted by Crippen LogP contribution is -2.20. The van der Waals surface area contributed by atoms with E-state index in [2.05, 4.69) is 15.5 Å². The smallest absolute Gasteiger partial charge is 0.416 e. The summed E-state index contributed by atoms with van der Waals surface area (Å²) in [4.78, 5) is 12.1. The van der Waals surface area contributed by atoms with E-state index in [0.717, 1.165) is 17.7 Å². The molecular weight excluding hydrogens is 373 g/mol. The minimum atomic E-state index is -4.47. The van der Waals surface area contributed by atoms with E-state index in [1.165, 1.54) is 12.1 Å². The number of nitrogens with one attached hydrogen (secondary N) is 1. The number of carbonyl (C=O) groups is 1. The SMILES string of the molecule is CCn1cnnc1-c1cccc(NC(=O)COc2cccc(C(F)(F)F)c2)c1. The molecule has 6 nitrogen and oxygen atoms in total. The summed E-state index contributed by atoms with van der Waals surface area (Å²) in [5.74, 6) is 0.139. The summed E-state index contributed by atoms with van der Waals surface area (Å²) < 4.78 is 45.2. The van der Waals surface area contributed by atoms with Gasteiger partial charge in [-0.25, -0.2) is 0 Å². The molecule has 146 valence electrons. The number of halogens is 3. The average Bonchev–Trinajstić information content (AvgIpc) is 3.15. The molecule has 0 saturated heterocycles. The quantitative estimate of drug-likeness (QED) is 0.691. The minimum absolute atomic E-state index is 0.0326. The number of benzene rings is 2. The number of rotatable bonds is 6. The van der Waals surface area contributed by atoms with Crippen LogP contribution in [-0.2, 0) is 17.5 Å². The van der Waals surface area contributed by atoms with E-state index in [0.29, 0.717) is 18.1 Å². The number of aromatic nitrogens is 3. The zero-order valence-electron chi connectivity index (χ0n) is 14.9. The van der Waals surface area contributed by atoms with Gasteiger partial charge >= 0.3 is 6.18 Å². The van der Waals surface area contributed by atoms with Crippen LogP contribution in [0.15, 0.2) is 54.9 Å². The first-order valence-electron chi connectivity index (χ1n) is 8.45. The van der Waals surface area contributed by atoms with E-state index in [1.807, 2.05) is 17.6 Å². The third kappa shape index (κ3) is 4.67. The molecule has 0 unspecified atom stereocenters. The number of amides is 1. The van der Waals surface area contributed by atoms with Gasteiger partial charge in [-0.05, 0) is 37.3 Å². The lowest BCUT2D eigenvalue weighted by atomic mass is 10.2. The third-order valence-corrected chi connectivity index (χ3v) is 3.89. The summed E-state index contributed by atoms with van der Waals surface area (Å²) in [5.41, 5.74) is 0.454. The molecular formula is C19H17F3N4O2. The largest absolute Gasteiger partial charge is 0.484 e. The van der Waals surface area contributed by atoms with Gasteiger partial charge in [-0.1, -0.05) is 18.2 Å². The van der Waals surface area contributed by atoms with Crippen molar-refractivity contribution in [2.45, 2.75) is 19.6 Å². The second-order valence-electron chi connectivity index (χ2n) is 5.88. The van der Waals surface area contributed by atoms with E-state index in [4.69, 9.17) is 4.74 Å². The first-order chi connectivity index (χ1) is 13.4. The molecule has 9 heteroatoms. The van der Waals surface area contributed by atoms with Crippen LogP contribution in [0.5, 0.6) is 5.75 Å². The van der Waals surface area contributed by atoms with Gasteiger partial charge in [0, 0.05) is 17.8 Å². The maximum absolute atomic E-state index is 12.7. The monoisotopic (exact) mass is 390 g/mol. The fourth-order valence-electron chi connectivity index (χ4n) is 2.55. The maximum atomic E-state index is 12.7. The van der Waals surface area contributed by atoms with Crippen molar-refractivity contribution >= 4 is 11.6 Å². The van der Waals surface area contributed by atoms with E-state index in [9.17, 15) is 18.0 Å². The predicted octanol–water partition coefficient (Wildman–Crippen LogP) is 4.00. The molecule has 2 aromatic carbocycles. The van der Waals surface area contributed by atoms with E-state index in [1.54, 1.807) is 24.5 Å². The van der Waals surface area contributed by atoms with Gasteiger partial charge in [-0.3, -0.25) is 4.79 Å². The summed E-state index contributed by atoms with van der Waals surface area (Å²) >= 11 is 0. The van der Waals surface area contributed by atoms with Crippen molar-refractivity contribution < 1.29 is 22.7 Å². The minimum Gasteiger partial charge on any atom is -0.484 e. The predicted molar refractivity (Wildman–Crippen MR) is 96.7 cm³/mol. The summed E-state index contributed by atoms with van der Waals surface area (Å²) in [7, 11) is 0. The van der Waals surface area contributed by atoms with Crippen LogP contribution < -0.4 is 10.1 Å². The van der Waals surface area contributed by atoms with Crippen LogP contribution in [0, 0.1) is 0 Å². The summed E-state index contributed by atoms with van der Waals surface area (Å²) in [6, 6.07) is 11.4. The molecule has 0 atom stereocenters. The second kappa shape index (κ2) is 8.12. The number of alkyl halides is 3. The molecule has 28 heavy (non-hydrogen) atoms. The molecule has 0 fully saturated rings. The fourth-order valence-corrected chi connectivity index (χ4v) is 2.55. The Morgan fingerprint density at radius 2 is 1.96 bits per heavy atom. The Morgan fingerprint density at radius 1 is 1.18 bits per heavy atom. The number of nitrogens with zero attached hydrogens (tertiary/aromatic N) is 3. The molecule has 1 amide bonds. The van der Waals surface area contributed by atoms with Crippen LogP contribution in [0.25, 0.3) is 11.4 Å². The van der Waals surface area contributed by atoms with Crippen LogP contribution >= 0.6 is 0 Å². The van der Waals surface area contributed by atoms with Gasteiger partial charge in [0.1, 0.15) is 12.1 Å². The Balaban J connectivity index is 1.64. The Hall–Kier alpha value is -3.36. The van der Waals surface area contributed by atoms with Crippen molar-refractivity contribution in [3.8, 4) is 17.1 Å². The van der Waals surface area contributed by atoms with Gasteiger partial charge in [-0.15, -0.1) is 10.2 Å². The third-order valence-electron chi connectivity index (χ3n) is 3.89. The fraction of sp³-hybridized carbons (Fsp3) is 0.211. The first-order valence-corrected chi connectivity index (χ1v) is 8.45. The van der Waals surface area contributed by atoms with Gasteiger partial charge in [0.2, 0.25) is 0 Å². The number of anilines is 1. The van der Waals surface area contributed by atoms with E-state index >= 15 is 0 Å². The van der Waals surface area contributed by atoms with Crippen molar-refractivity contribution in [1.29, 1.82) is 0 Å². The maximum Gasteiger partial charge on any atom is 0.416 e. The van der Waals surface area contributed by atoms with Gasteiger partial charge < -0.3 is 14.6 Å². The van der Waals surface area contributed by atoms with Crippen LogP contribution in [0.1, 0.15) is 12.5 Å². The van der Waals surface area contributed by atoms with Crippen molar-refractivity contribution in [2.24, 2.45) is 0 Å². The highest BCUT2D eigenvalue weighted by atomic mass is 19.4. The number of ether oxygens (including phenoxy) is 1. The molecule has 3 aromatic rings. The lowest BCUT2D eigenvalue weighted by Gasteiger charge is -2.11. The highest BCUT2D eigenvalue weighted by Gasteiger charge is 2.30. The zero-order chi connectivity index (χ0) is 20.1. The van der Waals surface area contributed by atoms with Crippen LogP contribution in [0.3, 0.4) is 0 Å². The summed E-state index contributed by atoms with van der Waals surface area (Å²) in [6.07, 6.45) is -2.86.